The topological polar surface area (TPSA) is 47.0 Å². The molecule has 0 radical (unpaired) electrons. The van der Waals surface area contributed by atoms with Gasteiger partial charge in [0.25, 0.3) is 0 Å². The van der Waals surface area contributed by atoms with Crippen molar-refractivity contribution in [1.82, 2.24) is 4.98 Å². The minimum absolute atomic E-state index is 0.0627. The van der Waals surface area contributed by atoms with Crippen molar-refractivity contribution < 1.29 is 8.42 Å². The van der Waals surface area contributed by atoms with Crippen LogP contribution in [0.2, 0.25) is 0 Å². The van der Waals surface area contributed by atoms with Gasteiger partial charge in [0.05, 0.1) is 11.3 Å². The van der Waals surface area contributed by atoms with Crippen LogP contribution in [0.3, 0.4) is 0 Å². The summed E-state index contributed by atoms with van der Waals surface area (Å²) in [6, 6.07) is 9.49. The fourth-order valence-corrected chi connectivity index (χ4v) is 1.82. The zero-order valence-electron chi connectivity index (χ0n) is 7.38. The molecule has 0 fully saturated rings. The summed E-state index contributed by atoms with van der Waals surface area (Å²) in [6.07, 6.45) is 1.60. The number of rotatable bonds is 2. The third-order valence-electron chi connectivity index (χ3n) is 1.96. The molecule has 0 unspecified atom stereocenters. The second-order valence-electron chi connectivity index (χ2n) is 3.03. The van der Waals surface area contributed by atoms with Gasteiger partial charge >= 0.3 is 0 Å². The third kappa shape index (κ3) is 1.90. The Hall–Kier alpha value is -1.42. The Morgan fingerprint density at radius 2 is 2.00 bits per heavy atom. The van der Waals surface area contributed by atoms with Crippen LogP contribution in [0.25, 0.3) is 10.9 Å². The quantitative estimate of drug-likeness (QED) is 0.756. The monoisotopic (exact) mass is 207 g/mol. The van der Waals surface area contributed by atoms with Crippen molar-refractivity contribution in [2.75, 3.05) is 0 Å². The highest BCUT2D eigenvalue weighted by Crippen LogP contribution is 2.12. The lowest BCUT2D eigenvalue weighted by Crippen LogP contribution is -1.88. The zero-order valence-corrected chi connectivity index (χ0v) is 8.28. The summed E-state index contributed by atoms with van der Waals surface area (Å²) in [7, 11) is -2.37. The van der Waals surface area contributed by atoms with E-state index in [1.54, 1.807) is 6.20 Å². The largest absolute Gasteiger partial charge is 0.256 e. The van der Waals surface area contributed by atoms with Crippen LogP contribution in [0.4, 0.5) is 0 Å². The predicted octanol–water partition coefficient (Wildman–Crippen LogP) is 1.35. The van der Waals surface area contributed by atoms with E-state index >= 15 is 0 Å². The third-order valence-corrected chi connectivity index (χ3v) is 2.58. The van der Waals surface area contributed by atoms with Gasteiger partial charge in [-0.05, 0) is 17.7 Å². The Balaban J connectivity index is 2.51. The van der Waals surface area contributed by atoms with E-state index in [9.17, 15) is 8.42 Å². The molecule has 0 aliphatic heterocycles. The number of hydrogen-bond donors (Lipinski definition) is 1. The van der Waals surface area contributed by atoms with Crippen LogP contribution in [-0.2, 0) is 16.5 Å². The Bertz CT molecular complexity index is 526. The molecule has 0 aliphatic rings. The van der Waals surface area contributed by atoms with Crippen molar-refractivity contribution in [2.45, 2.75) is 5.75 Å². The van der Waals surface area contributed by atoms with Crippen molar-refractivity contribution in [3.8, 4) is 0 Å². The van der Waals surface area contributed by atoms with Crippen LogP contribution in [0, 0.1) is 0 Å². The van der Waals surface area contributed by atoms with Gasteiger partial charge in [-0.2, -0.15) is 0 Å². The normalized spacial score (nSPS) is 10.9. The number of pyridine rings is 1. The van der Waals surface area contributed by atoms with Crippen molar-refractivity contribution >= 4 is 21.6 Å². The smallest absolute Gasteiger partial charge is 0.144 e. The van der Waals surface area contributed by atoms with Crippen LogP contribution < -0.4 is 0 Å². The number of aromatic nitrogens is 1. The molecule has 1 aromatic carbocycles. The number of hydrogen-bond acceptors (Lipinski definition) is 3. The molecule has 0 bridgehead atoms. The fraction of sp³-hybridized carbons (Fsp3) is 0.100. The maximum absolute atomic E-state index is 10.5. The molecule has 2 rings (SSSR count). The van der Waals surface area contributed by atoms with E-state index in [0.29, 0.717) is 0 Å². The highest BCUT2D eigenvalue weighted by atomic mass is 32.2. The van der Waals surface area contributed by atoms with Crippen LogP contribution in [0.1, 0.15) is 5.56 Å². The summed E-state index contributed by atoms with van der Waals surface area (Å²) in [4.78, 5) is 4.17. The van der Waals surface area contributed by atoms with Gasteiger partial charge in [0.2, 0.25) is 0 Å². The number of thiol groups is 1. The Morgan fingerprint density at radius 3 is 2.79 bits per heavy atom. The molecular formula is C10H9NO2S. The molecule has 0 saturated carbocycles. The summed E-state index contributed by atoms with van der Waals surface area (Å²) < 4.78 is 21.0. The average molecular weight is 207 g/mol. The van der Waals surface area contributed by atoms with Crippen molar-refractivity contribution in [3.63, 3.8) is 0 Å². The van der Waals surface area contributed by atoms with Gasteiger partial charge < -0.3 is 0 Å². The SMILES string of the molecule is O=[SH](=O)Cc1cnc2ccccc2c1. The fourth-order valence-electron chi connectivity index (χ4n) is 1.35. The van der Waals surface area contributed by atoms with Gasteiger partial charge in [-0.15, -0.1) is 0 Å². The number of nitrogens with zero attached hydrogens (tertiary/aromatic N) is 1. The van der Waals surface area contributed by atoms with Crippen molar-refractivity contribution in [3.05, 3.63) is 42.1 Å². The first kappa shape index (κ1) is 9.15. The molecule has 0 aliphatic carbocycles. The molecular weight excluding hydrogens is 198 g/mol. The molecule has 14 heavy (non-hydrogen) atoms. The molecule has 0 amide bonds. The molecule has 72 valence electrons. The van der Waals surface area contributed by atoms with E-state index in [-0.39, 0.29) is 5.75 Å². The van der Waals surface area contributed by atoms with Gasteiger partial charge in [0, 0.05) is 11.6 Å². The van der Waals surface area contributed by atoms with Crippen LogP contribution in [0.5, 0.6) is 0 Å². The molecule has 1 aromatic heterocycles. The Kier molecular flexibility index (Phi) is 2.45. The standard InChI is InChI=1S/C10H9NO2S/c12-14(13)7-8-5-9-3-1-2-4-10(9)11-6-8/h1-6,14H,7H2. The highest BCUT2D eigenvalue weighted by molar-refractivity contribution is 7.71. The molecule has 0 N–H and O–H groups in total. The van der Waals surface area contributed by atoms with E-state index < -0.39 is 10.7 Å². The maximum atomic E-state index is 10.5. The first-order chi connectivity index (χ1) is 6.75. The minimum Gasteiger partial charge on any atom is -0.256 e. The maximum Gasteiger partial charge on any atom is 0.144 e. The van der Waals surface area contributed by atoms with Crippen LogP contribution in [0.15, 0.2) is 36.5 Å². The summed E-state index contributed by atoms with van der Waals surface area (Å²) in [6.45, 7) is 0. The number of benzene rings is 1. The number of para-hydroxylation sites is 1. The average Bonchev–Trinajstić information content (AvgIpc) is 2.17. The van der Waals surface area contributed by atoms with Crippen LogP contribution >= 0.6 is 0 Å². The van der Waals surface area contributed by atoms with E-state index in [0.717, 1.165) is 16.5 Å². The lowest BCUT2D eigenvalue weighted by Gasteiger charge is -1.98. The van der Waals surface area contributed by atoms with Gasteiger partial charge in [0.15, 0.2) is 0 Å². The molecule has 0 atom stereocenters. The second-order valence-corrected chi connectivity index (χ2v) is 4.01. The van der Waals surface area contributed by atoms with Gasteiger partial charge in [-0.3, -0.25) is 4.98 Å². The molecule has 0 spiro atoms. The highest BCUT2D eigenvalue weighted by Gasteiger charge is 1.97. The number of fused-ring (bicyclic) bond motifs is 1. The molecule has 1 heterocycles. The van der Waals surface area contributed by atoms with E-state index in [4.69, 9.17) is 0 Å². The summed E-state index contributed by atoms with van der Waals surface area (Å²) in [5.74, 6) is 0.0627. The Labute approximate surface area is 83.4 Å². The van der Waals surface area contributed by atoms with E-state index in [1.165, 1.54) is 0 Å². The minimum atomic E-state index is -2.37. The van der Waals surface area contributed by atoms with Gasteiger partial charge in [-0.25, -0.2) is 8.42 Å². The Morgan fingerprint density at radius 1 is 1.21 bits per heavy atom. The summed E-state index contributed by atoms with van der Waals surface area (Å²) in [5.41, 5.74) is 1.62. The first-order valence-corrected chi connectivity index (χ1v) is 5.57. The first-order valence-electron chi connectivity index (χ1n) is 4.21. The summed E-state index contributed by atoms with van der Waals surface area (Å²) in [5, 5.41) is 0.974. The molecule has 4 heteroatoms. The second kappa shape index (κ2) is 3.75. The zero-order chi connectivity index (χ0) is 9.97. The predicted molar refractivity (Wildman–Crippen MR) is 55.8 cm³/mol. The van der Waals surface area contributed by atoms with Crippen LogP contribution in [-0.4, -0.2) is 13.4 Å². The van der Waals surface area contributed by atoms with Crippen molar-refractivity contribution in [2.24, 2.45) is 0 Å². The lowest BCUT2D eigenvalue weighted by molar-refractivity contribution is 0.614. The van der Waals surface area contributed by atoms with Gasteiger partial charge in [-0.1, -0.05) is 18.2 Å². The van der Waals surface area contributed by atoms with E-state index in [2.05, 4.69) is 4.98 Å². The molecule has 2 aromatic rings. The van der Waals surface area contributed by atoms with Gasteiger partial charge in [0.1, 0.15) is 10.7 Å². The lowest BCUT2D eigenvalue weighted by atomic mass is 10.2. The molecule has 3 nitrogen and oxygen atoms in total. The van der Waals surface area contributed by atoms with Crippen molar-refractivity contribution in [1.29, 1.82) is 0 Å². The molecule has 0 saturated heterocycles. The van der Waals surface area contributed by atoms with E-state index in [1.807, 2.05) is 30.3 Å². The summed E-state index contributed by atoms with van der Waals surface area (Å²) >= 11 is 0.